The third-order valence-corrected chi connectivity index (χ3v) is 5.33. The monoisotopic (exact) mass is 352 g/mol. The maximum Gasteiger partial charge on any atom is 0.266 e. The van der Waals surface area contributed by atoms with Crippen LogP contribution in [0.5, 0.6) is 0 Å². The molecule has 1 aromatic carbocycles. The molecule has 1 amide bonds. The number of benzene rings is 1. The molecular formula is C21H28N4O. The average molecular weight is 352 g/mol. The van der Waals surface area contributed by atoms with Crippen molar-refractivity contribution in [2.75, 3.05) is 26.2 Å². The van der Waals surface area contributed by atoms with E-state index in [0.717, 1.165) is 32.5 Å². The Balaban J connectivity index is 1.49. The highest BCUT2D eigenvalue weighted by Gasteiger charge is 2.24. The molecule has 0 spiro atoms. The predicted molar refractivity (Wildman–Crippen MR) is 102 cm³/mol. The van der Waals surface area contributed by atoms with Crippen LogP contribution in [0.4, 0.5) is 0 Å². The van der Waals surface area contributed by atoms with Gasteiger partial charge in [0, 0.05) is 45.0 Å². The van der Waals surface area contributed by atoms with Crippen LogP contribution in [0.15, 0.2) is 42.1 Å². The van der Waals surface area contributed by atoms with E-state index in [1.54, 1.807) is 11.1 Å². The number of hydrogen-bond donors (Lipinski definition) is 1. The van der Waals surface area contributed by atoms with Gasteiger partial charge < -0.3 is 10.2 Å². The molecule has 138 valence electrons. The van der Waals surface area contributed by atoms with Gasteiger partial charge in [-0.3, -0.25) is 9.69 Å². The Morgan fingerprint density at radius 2 is 1.81 bits per heavy atom. The molecule has 1 aromatic rings. The molecule has 0 aromatic heterocycles. The topological polar surface area (TPSA) is 59.4 Å². The first-order chi connectivity index (χ1) is 12.8. The van der Waals surface area contributed by atoms with Gasteiger partial charge in [-0.15, -0.1) is 0 Å². The van der Waals surface area contributed by atoms with Gasteiger partial charge in [-0.2, -0.15) is 5.26 Å². The lowest BCUT2D eigenvalue weighted by Crippen LogP contribution is -2.48. The van der Waals surface area contributed by atoms with Gasteiger partial charge in [0.2, 0.25) is 0 Å². The molecule has 3 rings (SSSR count). The molecule has 1 aliphatic heterocycles. The summed E-state index contributed by atoms with van der Waals surface area (Å²) in [5.41, 5.74) is 1.52. The fourth-order valence-electron chi connectivity index (χ4n) is 3.73. The molecule has 1 saturated carbocycles. The minimum atomic E-state index is -0.143. The van der Waals surface area contributed by atoms with E-state index in [-0.39, 0.29) is 11.5 Å². The van der Waals surface area contributed by atoms with Gasteiger partial charge in [-0.25, -0.2) is 0 Å². The summed E-state index contributed by atoms with van der Waals surface area (Å²) in [6.45, 7) is 3.94. The lowest BCUT2D eigenvalue weighted by Gasteiger charge is -2.34. The minimum absolute atomic E-state index is 0.143. The molecule has 5 nitrogen and oxygen atoms in total. The first-order valence-corrected chi connectivity index (χ1v) is 9.68. The Labute approximate surface area is 156 Å². The second kappa shape index (κ2) is 9.40. The van der Waals surface area contributed by atoms with Crippen molar-refractivity contribution in [2.45, 2.75) is 44.7 Å². The van der Waals surface area contributed by atoms with Gasteiger partial charge in [0.15, 0.2) is 0 Å². The first-order valence-electron chi connectivity index (χ1n) is 9.68. The van der Waals surface area contributed by atoms with Crippen molar-refractivity contribution in [3.8, 4) is 6.07 Å². The molecule has 1 heterocycles. The predicted octanol–water partition coefficient (Wildman–Crippen LogP) is 2.66. The van der Waals surface area contributed by atoms with Crippen molar-refractivity contribution in [2.24, 2.45) is 0 Å². The zero-order chi connectivity index (χ0) is 18.2. The SMILES string of the molecule is N#C/C(=C/NC1CCCCC1)C(=O)N1CCN(Cc2ccccc2)CC1. The highest BCUT2D eigenvalue weighted by Crippen LogP contribution is 2.17. The number of rotatable bonds is 5. The lowest BCUT2D eigenvalue weighted by atomic mass is 9.96. The van der Waals surface area contributed by atoms with E-state index in [2.05, 4.69) is 40.6 Å². The Bertz CT molecular complexity index is 650. The molecule has 2 aliphatic rings. The van der Waals surface area contributed by atoms with Crippen molar-refractivity contribution in [1.82, 2.24) is 15.1 Å². The third kappa shape index (κ3) is 5.09. The summed E-state index contributed by atoms with van der Waals surface area (Å²) in [6, 6.07) is 12.9. The number of carbonyl (C=O) groups excluding carboxylic acids is 1. The Hall–Kier alpha value is -2.32. The molecule has 26 heavy (non-hydrogen) atoms. The standard InChI is InChI=1S/C21H28N4O/c22-15-19(16-23-20-9-5-2-6-10-20)21(26)25-13-11-24(12-14-25)17-18-7-3-1-4-8-18/h1,3-4,7-8,16,20,23H,2,5-6,9-14,17H2/b19-16-. The summed E-state index contributed by atoms with van der Waals surface area (Å²) in [5.74, 6) is -0.143. The molecule has 1 aliphatic carbocycles. The summed E-state index contributed by atoms with van der Waals surface area (Å²) in [7, 11) is 0. The van der Waals surface area contributed by atoms with Gasteiger partial charge in [0.25, 0.3) is 5.91 Å². The third-order valence-electron chi connectivity index (χ3n) is 5.33. The molecule has 5 heteroatoms. The van der Waals surface area contributed by atoms with Crippen LogP contribution in [-0.4, -0.2) is 47.9 Å². The number of carbonyl (C=O) groups is 1. The van der Waals surface area contributed by atoms with E-state index >= 15 is 0 Å². The first kappa shape index (κ1) is 18.5. The number of piperazine rings is 1. The molecule has 0 bridgehead atoms. The molecule has 0 radical (unpaired) electrons. The molecular weight excluding hydrogens is 324 g/mol. The van der Waals surface area contributed by atoms with E-state index in [9.17, 15) is 10.1 Å². The van der Waals surface area contributed by atoms with Crippen LogP contribution in [0.25, 0.3) is 0 Å². The summed E-state index contributed by atoms with van der Waals surface area (Å²) in [5, 5.41) is 12.7. The molecule has 0 unspecified atom stereocenters. The largest absolute Gasteiger partial charge is 0.387 e. The number of nitriles is 1. The molecule has 2 fully saturated rings. The average Bonchev–Trinajstić information content (AvgIpc) is 2.70. The van der Waals surface area contributed by atoms with E-state index in [1.165, 1.54) is 24.8 Å². The van der Waals surface area contributed by atoms with Gasteiger partial charge in [0.1, 0.15) is 11.6 Å². The Kier molecular flexibility index (Phi) is 6.68. The number of nitrogens with zero attached hydrogens (tertiary/aromatic N) is 3. The molecule has 1 saturated heterocycles. The molecule has 0 atom stereocenters. The van der Waals surface area contributed by atoms with Crippen molar-refractivity contribution in [3.63, 3.8) is 0 Å². The van der Waals surface area contributed by atoms with Crippen LogP contribution in [0.1, 0.15) is 37.7 Å². The van der Waals surface area contributed by atoms with Crippen molar-refractivity contribution in [3.05, 3.63) is 47.7 Å². The van der Waals surface area contributed by atoms with Gasteiger partial charge >= 0.3 is 0 Å². The number of amides is 1. The van der Waals surface area contributed by atoms with Crippen LogP contribution in [0.2, 0.25) is 0 Å². The maximum atomic E-state index is 12.6. The van der Waals surface area contributed by atoms with Crippen molar-refractivity contribution in [1.29, 1.82) is 5.26 Å². The number of nitrogens with one attached hydrogen (secondary N) is 1. The normalized spacial score (nSPS) is 19.8. The van der Waals surface area contributed by atoms with Crippen molar-refractivity contribution >= 4 is 5.91 Å². The Morgan fingerprint density at radius 3 is 2.46 bits per heavy atom. The smallest absolute Gasteiger partial charge is 0.266 e. The maximum absolute atomic E-state index is 12.6. The summed E-state index contributed by atoms with van der Waals surface area (Å²) < 4.78 is 0. The zero-order valence-electron chi connectivity index (χ0n) is 15.4. The van der Waals surface area contributed by atoms with E-state index in [1.807, 2.05) is 6.07 Å². The highest BCUT2D eigenvalue weighted by molar-refractivity contribution is 5.97. The summed E-state index contributed by atoms with van der Waals surface area (Å²) >= 11 is 0. The minimum Gasteiger partial charge on any atom is -0.387 e. The van der Waals surface area contributed by atoms with E-state index in [4.69, 9.17) is 0 Å². The second-order valence-corrected chi connectivity index (χ2v) is 7.23. The number of hydrogen-bond acceptors (Lipinski definition) is 4. The van der Waals surface area contributed by atoms with E-state index in [0.29, 0.717) is 19.1 Å². The van der Waals surface area contributed by atoms with Crippen LogP contribution in [-0.2, 0) is 11.3 Å². The fraction of sp³-hybridized carbons (Fsp3) is 0.524. The highest BCUT2D eigenvalue weighted by atomic mass is 16.2. The Morgan fingerprint density at radius 1 is 1.12 bits per heavy atom. The fourth-order valence-corrected chi connectivity index (χ4v) is 3.73. The van der Waals surface area contributed by atoms with E-state index < -0.39 is 0 Å². The second-order valence-electron chi connectivity index (χ2n) is 7.23. The summed E-state index contributed by atoms with van der Waals surface area (Å²) in [6.07, 6.45) is 7.65. The van der Waals surface area contributed by atoms with Crippen LogP contribution in [0.3, 0.4) is 0 Å². The lowest BCUT2D eigenvalue weighted by molar-refractivity contribution is -0.128. The quantitative estimate of drug-likeness (QED) is 0.654. The van der Waals surface area contributed by atoms with Gasteiger partial charge in [-0.1, -0.05) is 49.6 Å². The van der Waals surface area contributed by atoms with Crippen LogP contribution in [0, 0.1) is 11.3 Å². The zero-order valence-corrected chi connectivity index (χ0v) is 15.4. The van der Waals surface area contributed by atoms with Crippen LogP contribution >= 0.6 is 0 Å². The molecule has 1 N–H and O–H groups in total. The van der Waals surface area contributed by atoms with Gasteiger partial charge in [-0.05, 0) is 18.4 Å². The van der Waals surface area contributed by atoms with Gasteiger partial charge in [0.05, 0.1) is 0 Å². The summed E-state index contributed by atoms with van der Waals surface area (Å²) in [4.78, 5) is 16.8. The van der Waals surface area contributed by atoms with Crippen LogP contribution < -0.4 is 5.32 Å². The van der Waals surface area contributed by atoms with Crippen molar-refractivity contribution < 1.29 is 4.79 Å².